The van der Waals surface area contributed by atoms with Crippen molar-refractivity contribution in [2.24, 2.45) is 0 Å². The Labute approximate surface area is 169 Å². The number of benzene rings is 2. The zero-order valence-corrected chi connectivity index (χ0v) is 16.2. The van der Waals surface area contributed by atoms with E-state index in [9.17, 15) is 0 Å². The zero-order chi connectivity index (χ0) is 18.9. The first-order valence-corrected chi connectivity index (χ1v) is 10.0. The van der Waals surface area contributed by atoms with Gasteiger partial charge in [-0.05, 0) is 54.8 Å². The maximum absolute atomic E-state index is 6.22. The average Bonchev–Trinajstić information content (AvgIpc) is 3.37. The lowest BCUT2D eigenvalue weighted by atomic mass is 10.0. The smallest absolute Gasteiger partial charge is 0.0705 e. The van der Waals surface area contributed by atoms with Crippen molar-refractivity contribution < 1.29 is 0 Å². The molecule has 1 unspecified atom stereocenters. The monoisotopic (exact) mass is 388 g/mol. The van der Waals surface area contributed by atoms with Gasteiger partial charge in [-0.15, -0.1) is 0 Å². The van der Waals surface area contributed by atoms with E-state index in [0.717, 1.165) is 41.2 Å². The van der Waals surface area contributed by atoms with Crippen LogP contribution in [0.25, 0.3) is 22.0 Å². The van der Waals surface area contributed by atoms with Crippen molar-refractivity contribution in [2.75, 3.05) is 6.54 Å². The number of nitrogens with one attached hydrogen (secondary N) is 1. The van der Waals surface area contributed by atoms with Gasteiger partial charge in [-0.1, -0.05) is 41.9 Å². The molecule has 4 aromatic rings. The standard InChI is InChI=1S/C23H21ClN4/c24-18-6-3-5-16(13-18)20-14-26-27-23(20)22-9-4-12-28(22)15-17-10-11-25-21-8-2-1-7-19(17)21/h1-3,5-8,10-11,13-14,22H,4,9,12,15H2,(H,26,27). The summed E-state index contributed by atoms with van der Waals surface area (Å²) in [4.78, 5) is 7.05. The second-order valence-corrected chi connectivity index (χ2v) is 7.76. The molecule has 1 atom stereocenters. The molecule has 1 aliphatic rings. The highest BCUT2D eigenvalue weighted by Crippen LogP contribution is 2.38. The molecule has 0 radical (unpaired) electrons. The highest BCUT2D eigenvalue weighted by Gasteiger charge is 2.29. The lowest BCUT2D eigenvalue weighted by Gasteiger charge is -2.25. The summed E-state index contributed by atoms with van der Waals surface area (Å²) >= 11 is 6.22. The molecule has 0 spiro atoms. The third-order valence-corrected chi connectivity index (χ3v) is 5.85. The van der Waals surface area contributed by atoms with Gasteiger partial charge in [0.05, 0.1) is 23.4 Å². The molecular weight excluding hydrogens is 368 g/mol. The van der Waals surface area contributed by atoms with Crippen molar-refractivity contribution >= 4 is 22.5 Å². The van der Waals surface area contributed by atoms with Crippen LogP contribution in [0.5, 0.6) is 0 Å². The van der Waals surface area contributed by atoms with Gasteiger partial charge in [-0.3, -0.25) is 15.0 Å². The number of hydrogen-bond donors (Lipinski definition) is 1. The Balaban J connectivity index is 1.48. The molecule has 0 amide bonds. The fraction of sp³-hybridized carbons (Fsp3) is 0.217. The Bertz CT molecular complexity index is 1120. The van der Waals surface area contributed by atoms with Crippen molar-refractivity contribution in [1.29, 1.82) is 0 Å². The number of hydrogen-bond acceptors (Lipinski definition) is 3. The van der Waals surface area contributed by atoms with Gasteiger partial charge in [0.1, 0.15) is 0 Å². The van der Waals surface area contributed by atoms with Crippen molar-refractivity contribution in [3.8, 4) is 11.1 Å². The van der Waals surface area contributed by atoms with Gasteiger partial charge in [-0.25, -0.2) is 0 Å². The first kappa shape index (κ1) is 17.4. The van der Waals surface area contributed by atoms with Crippen molar-refractivity contribution in [3.63, 3.8) is 0 Å². The molecule has 5 heteroatoms. The number of aromatic amines is 1. The van der Waals surface area contributed by atoms with E-state index in [-0.39, 0.29) is 0 Å². The molecular formula is C23H21ClN4. The molecule has 1 fully saturated rings. The van der Waals surface area contributed by atoms with Crippen LogP contribution in [0.4, 0.5) is 0 Å². The maximum Gasteiger partial charge on any atom is 0.0705 e. The number of pyridine rings is 1. The topological polar surface area (TPSA) is 44.8 Å². The maximum atomic E-state index is 6.22. The van der Waals surface area contributed by atoms with E-state index >= 15 is 0 Å². The Morgan fingerprint density at radius 3 is 2.96 bits per heavy atom. The van der Waals surface area contributed by atoms with E-state index in [4.69, 9.17) is 11.6 Å². The van der Waals surface area contributed by atoms with Gasteiger partial charge in [0, 0.05) is 28.7 Å². The number of fused-ring (bicyclic) bond motifs is 1. The quantitative estimate of drug-likeness (QED) is 0.493. The molecule has 1 saturated heterocycles. The van der Waals surface area contributed by atoms with Crippen LogP contribution in [0.3, 0.4) is 0 Å². The number of rotatable bonds is 4. The number of para-hydroxylation sites is 1. The van der Waals surface area contributed by atoms with E-state index in [1.54, 1.807) is 0 Å². The summed E-state index contributed by atoms with van der Waals surface area (Å²) in [6.07, 6.45) is 6.14. The third-order valence-electron chi connectivity index (χ3n) is 5.61. The van der Waals surface area contributed by atoms with Crippen LogP contribution in [0.2, 0.25) is 5.02 Å². The van der Waals surface area contributed by atoms with Crippen LogP contribution in [0, 0.1) is 0 Å². The van der Waals surface area contributed by atoms with Crippen LogP contribution in [-0.4, -0.2) is 26.6 Å². The van der Waals surface area contributed by atoms with Gasteiger partial charge in [-0.2, -0.15) is 5.10 Å². The number of nitrogens with zero attached hydrogens (tertiary/aromatic N) is 3. The summed E-state index contributed by atoms with van der Waals surface area (Å²) in [6.45, 7) is 1.98. The van der Waals surface area contributed by atoms with Crippen LogP contribution in [0.1, 0.15) is 30.1 Å². The molecule has 5 rings (SSSR count). The van der Waals surface area contributed by atoms with Crippen molar-refractivity contribution in [2.45, 2.75) is 25.4 Å². The van der Waals surface area contributed by atoms with Gasteiger partial charge >= 0.3 is 0 Å². The zero-order valence-electron chi connectivity index (χ0n) is 15.5. The van der Waals surface area contributed by atoms with E-state index in [1.165, 1.54) is 23.1 Å². The van der Waals surface area contributed by atoms with E-state index in [0.29, 0.717) is 6.04 Å². The highest BCUT2D eigenvalue weighted by atomic mass is 35.5. The molecule has 4 nitrogen and oxygen atoms in total. The summed E-state index contributed by atoms with van der Waals surface area (Å²) in [5.41, 5.74) is 5.80. The minimum atomic E-state index is 0.323. The fourth-order valence-electron chi connectivity index (χ4n) is 4.29. The van der Waals surface area contributed by atoms with E-state index in [1.807, 2.05) is 36.7 Å². The SMILES string of the molecule is Clc1cccc(-c2cn[nH]c2C2CCCN2Cc2ccnc3ccccc23)c1. The van der Waals surface area contributed by atoms with Crippen molar-refractivity contribution in [1.82, 2.24) is 20.1 Å². The van der Waals surface area contributed by atoms with E-state index < -0.39 is 0 Å². The summed E-state index contributed by atoms with van der Waals surface area (Å²) in [5.74, 6) is 0. The second kappa shape index (κ2) is 7.38. The van der Waals surface area contributed by atoms with Crippen molar-refractivity contribution in [3.05, 3.63) is 83.3 Å². The molecule has 2 aromatic heterocycles. The Morgan fingerprint density at radius 2 is 2.04 bits per heavy atom. The predicted octanol–water partition coefficient (Wildman–Crippen LogP) is 5.62. The van der Waals surface area contributed by atoms with Crippen LogP contribution in [-0.2, 0) is 6.54 Å². The van der Waals surface area contributed by atoms with Gasteiger partial charge in [0.2, 0.25) is 0 Å². The number of H-pyrrole nitrogens is 1. The number of aromatic nitrogens is 3. The largest absolute Gasteiger partial charge is 0.290 e. The van der Waals surface area contributed by atoms with Crippen LogP contribution >= 0.6 is 11.6 Å². The summed E-state index contributed by atoms with van der Waals surface area (Å²) in [6, 6.07) is 18.8. The highest BCUT2D eigenvalue weighted by molar-refractivity contribution is 6.30. The Kier molecular flexibility index (Phi) is 4.59. The number of halogens is 1. The normalized spacial score (nSPS) is 17.4. The second-order valence-electron chi connectivity index (χ2n) is 7.32. The molecule has 0 saturated carbocycles. The third kappa shape index (κ3) is 3.19. The summed E-state index contributed by atoms with van der Waals surface area (Å²) in [7, 11) is 0. The predicted molar refractivity (Wildman–Crippen MR) is 113 cm³/mol. The summed E-state index contributed by atoms with van der Waals surface area (Å²) < 4.78 is 0. The van der Waals surface area contributed by atoms with Crippen LogP contribution < -0.4 is 0 Å². The van der Waals surface area contributed by atoms with Gasteiger partial charge < -0.3 is 0 Å². The molecule has 0 aliphatic carbocycles. The molecule has 140 valence electrons. The Hall–Kier alpha value is -2.69. The van der Waals surface area contributed by atoms with Gasteiger partial charge in [0.25, 0.3) is 0 Å². The summed E-state index contributed by atoms with van der Waals surface area (Å²) in [5, 5.41) is 9.61. The first-order chi connectivity index (χ1) is 13.8. The van der Waals surface area contributed by atoms with Crippen LogP contribution in [0.15, 0.2) is 67.0 Å². The molecule has 2 aromatic carbocycles. The molecule has 3 heterocycles. The molecule has 1 aliphatic heterocycles. The molecule has 1 N–H and O–H groups in total. The molecule has 0 bridgehead atoms. The van der Waals surface area contributed by atoms with Gasteiger partial charge in [0.15, 0.2) is 0 Å². The minimum absolute atomic E-state index is 0.323. The first-order valence-electron chi connectivity index (χ1n) is 9.65. The lowest BCUT2D eigenvalue weighted by Crippen LogP contribution is -2.23. The average molecular weight is 389 g/mol. The minimum Gasteiger partial charge on any atom is -0.290 e. The fourth-order valence-corrected chi connectivity index (χ4v) is 4.48. The molecule has 28 heavy (non-hydrogen) atoms. The van der Waals surface area contributed by atoms with E-state index in [2.05, 4.69) is 50.4 Å². The Morgan fingerprint density at radius 1 is 1.11 bits per heavy atom. The lowest BCUT2D eigenvalue weighted by molar-refractivity contribution is 0.245. The number of likely N-dealkylation sites (tertiary alicyclic amines) is 1.